The summed E-state index contributed by atoms with van der Waals surface area (Å²) >= 11 is 12.2. The number of hydrogen-bond acceptors (Lipinski definition) is 5. The zero-order chi connectivity index (χ0) is 22.1. The number of thiazole rings is 1. The summed E-state index contributed by atoms with van der Waals surface area (Å²) in [5.74, 6) is -0.897. The number of nitrogens with zero attached hydrogens (tertiary/aromatic N) is 3. The molecular formula is C20H23BrClN3O3S2. The third-order valence-corrected chi connectivity index (χ3v) is 8.59. The fourth-order valence-electron chi connectivity index (χ4n) is 3.27. The Morgan fingerprint density at radius 1 is 1.33 bits per heavy atom. The molecule has 30 heavy (non-hydrogen) atoms. The Hall–Kier alpha value is -1.29. The number of hydrogen-bond donors (Lipinski definition) is 1. The third-order valence-electron chi connectivity index (χ3n) is 4.99. The zero-order valence-electron chi connectivity index (χ0n) is 16.9. The molecule has 1 saturated carbocycles. The number of thioether (sulfide) groups is 1. The number of amides is 2. The number of halogens is 2. The van der Waals surface area contributed by atoms with Crippen LogP contribution in [0.3, 0.4) is 0 Å². The molecule has 2 amide bonds. The van der Waals surface area contributed by atoms with Crippen molar-refractivity contribution in [2.75, 3.05) is 16.8 Å². The van der Waals surface area contributed by atoms with E-state index in [1.165, 1.54) is 28.0 Å². The van der Waals surface area contributed by atoms with Gasteiger partial charge in [-0.3, -0.25) is 14.6 Å². The van der Waals surface area contributed by atoms with Gasteiger partial charge in [0.2, 0.25) is 0 Å². The lowest BCUT2D eigenvalue weighted by Crippen LogP contribution is -2.46. The van der Waals surface area contributed by atoms with Gasteiger partial charge in [-0.15, -0.1) is 0 Å². The van der Waals surface area contributed by atoms with E-state index in [-0.39, 0.29) is 12.1 Å². The summed E-state index contributed by atoms with van der Waals surface area (Å²) in [6.07, 6.45) is 5.68. The number of urea groups is 1. The summed E-state index contributed by atoms with van der Waals surface area (Å²) in [6, 6.07) is 5.46. The number of aliphatic carboxylic acids is 1. The molecule has 1 aromatic carbocycles. The van der Waals surface area contributed by atoms with Crippen molar-refractivity contribution in [1.29, 1.82) is 0 Å². The fourth-order valence-corrected chi connectivity index (χ4v) is 6.00. The number of carbonyl (C=O) groups excluding carboxylic acids is 1. The first kappa shape index (κ1) is 23.4. The predicted octanol–water partition coefficient (Wildman–Crippen LogP) is 6.52. The van der Waals surface area contributed by atoms with E-state index in [1.807, 2.05) is 12.1 Å². The number of carboxylic acid groups (broad SMARTS) is 1. The number of anilines is 2. The first-order valence-corrected chi connectivity index (χ1v) is 12.3. The highest BCUT2D eigenvalue weighted by Gasteiger charge is 2.33. The van der Waals surface area contributed by atoms with Gasteiger partial charge in [0.15, 0.2) is 5.13 Å². The molecule has 10 heteroatoms. The number of carbonyl (C=O) groups is 2. The van der Waals surface area contributed by atoms with Crippen LogP contribution in [-0.2, 0) is 4.79 Å². The quantitative estimate of drug-likeness (QED) is 0.429. The number of carboxylic acids is 1. The van der Waals surface area contributed by atoms with Crippen LogP contribution in [0.4, 0.5) is 15.6 Å². The summed E-state index contributed by atoms with van der Waals surface area (Å²) in [4.78, 5) is 32.6. The Bertz CT molecular complexity index is 947. The van der Waals surface area contributed by atoms with Crippen LogP contribution in [-0.4, -0.2) is 39.9 Å². The first-order chi connectivity index (χ1) is 14.1. The second-order valence-electron chi connectivity index (χ2n) is 7.63. The van der Waals surface area contributed by atoms with E-state index < -0.39 is 10.7 Å². The molecule has 162 valence electrons. The summed E-state index contributed by atoms with van der Waals surface area (Å²) in [6.45, 7) is 3.29. The van der Waals surface area contributed by atoms with Gasteiger partial charge in [0.25, 0.3) is 0 Å². The summed E-state index contributed by atoms with van der Waals surface area (Å²) in [5.41, 5.74) is 0.755. The fraction of sp³-hybridized carbons (Fsp3) is 0.450. The Morgan fingerprint density at radius 3 is 2.60 bits per heavy atom. The van der Waals surface area contributed by atoms with Gasteiger partial charge >= 0.3 is 12.0 Å². The monoisotopic (exact) mass is 531 g/mol. The summed E-state index contributed by atoms with van der Waals surface area (Å²) in [5, 5.41) is 10.4. The molecule has 1 heterocycles. The highest BCUT2D eigenvalue weighted by molar-refractivity contribution is 9.10. The minimum absolute atomic E-state index is 0.108. The molecule has 1 aliphatic carbocycles. The van der Waals surface area contributed by atoms with Crippen molar-refractivity contribution >= 4 is 73.4 Å². The maximum Gasteiger partial charge on any atom is 0.330 e. The lowest BCUT2D eigenvalue weighted by molar-refractivity contribution is -0.138. The molecule has 0 aliphatic heterocycles. The van der Waals surface area contributed by atoms with Crippen LogP contribution >= 0.6 is 50.6 Å². The molecule has 1 N–H and O–H groups in total. The van der Waals surface area contributed by atoms with Crippen LogP contribution in [0.25, 0.3) is 0 Å². The maximum atomic E-state index is 13.5. The number of rotatable bonds is 6. The van der Waals surface area contributed by atoms with E-state index in [2.05, 4.69) is 20.9 Å². The van der Waals surface area contributed by atoms with Gasteiger partial charge < -0.3 is 5.11 Å². The molecule has 0 atom stereocenters. The minimum Gasteiger partial charge on any atom is -0.480 e. The van der Waals surface area contributed by atoms with Gasteiger partial charge in [0.05, 0.1) is 15.4 Å². The molecule has 1 aromatic heterocycles. The van der Waals surface area contributed by atoms with Crippen LogP contribution in [0.1, 0.15) is 39.5 Å². The molecule has 1 fully saturated rings. The molecule has 1 aliphatic rings. The molecule has 0 unspecified atom stereocenters. The van der Waals surface area contributed by atoms with Gasteiger partial charge in [0.1, 0.15) is 4.75 Å². The van der Waals surface area contributed by atoms with E-state index >= 15 is 0 Å². The maximum absolute atomic E-state index is 13.5. The third kappa shape index (κ3) is 5.12. The van der Waals surface area contributed by atoms with E-state index in [0.29, 0.717) is 10.2 Å². The predicted molar refractivity (Wildman–Crippen MR) is 127 cm³/mol. The lowest BCUT2D eigenvalue weighted by Gasteiger charge is -2.32. The highest BCUT2D eigenvalue weighted by Crippen LogP contribution is 2.39. The van der Waals surface area contributed by atoms with Gasteiger partial charge in [-0.05, 0) is 60.8 Å². The molecule has 6 nitrogen and oxygen atoms in total. The van der Waals surface area contributed by atoms with Crippen molar-refractivity contribution in [3.05, 3.63) is 33.9 Å². The van der Waals surface area contributed by atoms with Gasteiger partial charge in [0, 0.05) is 23.2 Å². The van der Waals surface area contributed by atoms with Crippen LogP contribution in [0.2, 0.25) is 5.02 Å². The second kappa shape index (κ2) is 9.46. The minimum atomic E-state index is -0.976. The molecule has 0 spiro atoms. The Labute approximate surface area is 197 Å². The second-order valence-corrected chi connectivity index (χ2v) is 11.8. The van der Waals surface area contributed by atoms with Crippen LogP contribution in [0.15, 0.2) is 33.1 Å². The zero-order valence-corrected chi connectivity index (χ0v) is 20.9. The van der Waals surface area contributed by atoms with Crippen molar-refractivity contribution in [3.63, 3.8) is 0 Å². The molecular weight excluding hydrogens is 510 g/mol. The Balaban J connectivity index is 1.85. The van der Waals surface area contributed by atoms with Gasteiger partial charge in [-0.1, -0.05) is 47.5 Å². The van der Waals surface area contributed by atoms with Crippen LogP contribution in [0.5, 0.6) is 0 Å². The molecule has 3 rings (SSSR count). The lowest BCUT2D eigenvalue weighted by atomic mass is 10.2. The summed E-state index contributed by atoms with van der Waals surface area (Å²) in [7, 11) is 1.69. The highest BCUT2D eigenvalue weighted by atomic mass is 79.9. The number of aromatic nitrogens is 1. The average Bonchev–Trinajstić information content (AvgIpc) is 3.36. The molecule has 2 aromatic rings. The van der Waals surface area contributed by atoms with Gasteiger partial charge in [-0.2, -0.15) is 0 Å². The summed E-state index contributed by atoms with van der Waals surface area (Å²) < 4.78 is 0.551. The van der Waals surface area contributed by atoms with E-state index in [0.717, 1.165) is 40.1 Å². The van der Waals surface area contributed by atoms with Crippen LogP contribution in [0, 0.1) is 0 Å². The largest absolute Gasteiger partial charge is 0.480 e. The van der Waals surface area contributed by atoms with Crippen molar-refractivity contribution in [2.24, 2.45) is 0 Å². The Kier molecular flexibility index (Phi) is 7.37. The molecule has 0 radical (unpaired) electrons. The van der Waals surface area contributed by atoms with Crippen molar-refractivity contribution in [3.8, 4) is 0 Å². The average molecular weight is 533 g/mol. The SMILES string of the molecule is CN(C(=O)N(c1ccc(Br)c(Cl)c1)C1CCCC1)c1ncc(SC(C)(C)C(=O)O)s1. The van der Waals surface area contributed by atoms with Crippen molar-refractivity contribution in [2.45, 2.75) is 54.5 Å². The smallest absolute Gasteiger partial charge is 0.330 e. The molecule has 0 saturated heterocycles. The van der Waals surface area contributed by atoms with Crippen molar-refractivity contribution < 1.29 is 14.7 Å². The van der Waals surface area contributed by atoms with Crippen LogP contribution < -0.4 is 9.80 Å². The Morgan fingerprint density at radius 2 is 2.00 bits per heavy atom. The van der Waals surface area contributed by atoms with E-state index in [9.17, 15) is 14.7 Å². The topological polar surface area (TPSA) is 73.7 Å². The molecule has 0 bridgehead atoms. The van der Waals surface area contributed by atoms with E-state index in [4.69, 9.17) is 11.6 Å². The number of benzene rings is 1. The first-order valence-electron chi connectivity index (χ1n) is 9.50. The van der Waals surface area contributed by atoms with Crippen molar-refractivity contribution in [1.82, 2.24) is 4.98 Å². The van der Waals surface area contributed by atoms with E-state index in [1.54, 1.807) is 38.1 Å². The standard InChI is InChI=1S/C20H23BrClN3O3S2/c1-20(2,17(26)27)30-16-11-23-18(29-16)24(3)19(28)25(12-6-4-5-7-12)13-8-9-14(21)15(22)10-13/h8-12H,4-7H2,1-3H3,(H,26,27). The normalized spacial score (nSPS) is 14.7. The van der Waals surface area contributed by atoms with Gasteiger partial charge in [-0.25, -0.2) is 9.78 Å².